The Morgan fingerprint density at radius 1 is 1.35 bits per heavy atom. The lowest BCUT2D eigenvalue weighted by Crippen LogP contribution is -2.21. The smallest absolute Gasteiger partial charge is 0.311 e. The summed E-state index contributed by atoms with van der Waals surface area (Å²) >= 11 is 0. The third-order valence-electron chi connectivity index (χ3n) is 1.85. The number of nitrogens with zero attached hydrogens (tertiary/aromatic N) is 2. The van der Waals surface area contributed by atoms with Gasteiger partial charge in [-0.25, -0.2) is 0 Å². The minimum atomic E-state index is -0.734. The number of amides is 1. The van der Waals surface area contributed by atoms with Gasteiger partial charge in [-0.1, -0.05) is 19.9 Å². The van der Waals surface area contributed by atoms with E-state index in [4.69, 9.17) is 0 Å². The summed E-state index contributed by atoms with van der Waals surface area (Å²) in [6.45, 7) is 4.00. The molecule has 17 heavy (non-hydrogen) atoms. The molecule has 0 bridgehead atoms. The van der Waals surface area contributed by atoms with Gasteiger partial charge in [-0.15, -0.1) is 0 Å². The van der Waals surface area contributed by atoms with E-state index in [1.807, 2.05) is 13.8 Å². The fourth-order valence-corrected chi connectivity index (χ4v) is 1.09. The third kappa shape index (κ3) is 3.44. The van der Waals surface area contributed by atoms with E-state index in [1.54, 1.807) is 0 Å². The Morgan fingerprint density at radius 3 is 2.29 bits per heavy atom. The summed E-state index contributed by atoms with van der Waals surface area (Å²) < 4.78 is 0. The molecule has 6 nitrogen and oxygen atoms in total. The van der Waals surface area contributed by atoms with Crippen LogP contribution in [0.4, 0.5) is 5.69 Å². The zero-order valence-corrected chi connectivity index (χ0v) is 10.3. The Kier molecular flexibility index (Phi) is 5.66. The first kappa shape index (κ1) is 14.9. The van der Waals surface area contributed by atoms with Crippen molar-refractivity contribution >= 4 is 11.6 Å². The minimum absolute atomic E-state index is 0.0748. The fraction of sp³-hybridized carbons (Fsp3) is 0.364. The summed E-state index contributed by atoms with van der Waals surface area (Å²) in [5.41, 5.74) is -0.545. The Bertz CT molecular complexity index is 416. The normalized spacial score (nSPS) is 8.94. The number of rotatable bonds is 2. The van der Waals surface area contributed by atoms with Crippen LogP contribution in [-0.2, 0) is 0 Å². The van der Waals surface area contributed by atoms with Gasteiger partial charge in [-0.2, -0.15) is 0 Å². The van der Waals surface area contributed by atoms with Gasteiger partial charge in [-0.3, -0.25) is 14.9 Å². The molecule has 0 aliphatic heterocycles. The van der Waals surface area contributed by atoms with Crippen LogP contribution in [0, 0.1) is 10.1 Å². The summed E-state index contributed by atoms with van der Waals surface area (Å²) in [4.78, 5) is 22.5. The Labute approximate surface area is 99.6 Å². The van der Waals surface area contributed by atoms with Gasteiger partial charge in [0.15, 0.2) is 0 Å². The maximum atomic E-state index is 11.5. The van der Waals surface area contributed by atoms with Crippen LogP contribution in [0.15, 0.2) is 18.2 Å². The lowest BCUT2D eigenvalue weighted by atomic mass is 10.1. The van der Waals surface area contributed by atoms with Gasteiger partial charge in [0.2, 0.25) is 5.75 Å². The van der Waals surface area contributed by atoms with E-state index in [-0.39, 0.29) is 5.56 Å². The van der Waals surface area contributed by atoms with Crippen molar-refractivity contribution in [3.05, 3.63) is 33.9 Å². The highest BCUT2D eigenvalue weighted by Gasteiger charge is 2.21. The zero-order valence-electron chi connectivity index (χ0n) is 10.3. The summed E-state index contributed by atoms with van der Waals surface area (Å²) in [6.07, 6.45) is 0. The Morgan fingerprint density at radius 2 is 1.88 bits per heavy atom. The standard InChI is InChI=1S/C9H10N2O4.C2H6/c1-10(2)9(13)6-4-3-5-7(8(6)12)11(14)15;1-2/h3-5,12H,1-2H3;1-2H3. The first-order valence-corrected chi connectivity index (χ1v) is 5.13. The molecule has 0 aliphatic carbocycles. The summed E-state index contributed by atoms with van der Waals surface area (Å²) in [5.74, 6) is -1.07. The van der Waals surface area contributed by atoms with E-state index < -0.39 is 22.3 Å². The lowest BCUT2D eigenvalue weighted by molar-refractivity contribution is -0.385. The van der Waals surface area contributed by atoms with Crippen molar-refractivity contribution in [1.82, 2.24) is 4.90 Å². The largest absolute Gasteiger partial charge is 0.502 e. The van der Waals surface area contributed by atoms with Crippen LogP contribution in [0.3, 0.4) is 0 Å². The Hall–Kier alpha value is -2.11. The number of para-hydroxylation sites is 1. The quantitative estimate of drug-likeness (QED) is 0.633. The molecule has 0 fully saturated rings. The first-order chi connectivity index (χ1) is 7.95. The number of hydrogen-bond acceptors (Lipinski definition) is 4. The highest BCUT2D eigenvalue weighted by Crippen LogP contribution is 2.29. The third-order valence-corrected chi connectivity index (χ3v) is 1.85. The van der Waals surface area contributed by atoms with Crippen molar-refractivity contribution in [2.75, 3.05) is 14.1 Å². The predicted molar refractivity (Wildman–Crippen MR) is 64.1 cm³/mol. The molecule has 0 radical (unpaired) electrons. The second-order valence-corrected chi connectivity index (χ2v) is 3.13. The topological polar surface area (TPSA) is 83.7 Å². The van der Waals surface area contributed by atoms with Crippen molar-refractivity contribution in [2.24, 2.45) is 0 Å². The molecule has 6 heteroatoms. The molecule has 0 heterocycles. The van der Waals surface area contributed by atoms with Gasteiger partial charge in [0.05, 0.1) is 10.5 Å². The van der Waals surface area contributed by atoms with Crippen molar-refractivity contribution in [1.29, 1.82) is 0 Å². The summed E-state index contributed by atoms with van der Waals surface area (Å²) in [5, 5.41) is 20.0. The van der Waals surface area contributed by atoms with Gasteiger partial charge < -0.3 is 10.0 Å². The molecule has 0 spiro atoms. The molecule has 0 aromatic heterocycles. The number of hydrogen-bond donors (Lipinski definition) is 1. The van der Waals surface area contributed by atoms with Crippen LogP contribution in [0.5, 0.6) is 5.75 Å². The monoisotopic (exact) mass is 240 g/mol. The predicted octanol–water partition coefficient (Wildman–Crippen LogP) is 2.03. The molecule has 1 rings (SSSR count). The molecular weight excluding hydrogens is 224 g/mol. The van der Waals surface area contributed by atoms with Crippen LogP contribution in [0.1, 0.15) is 24.2 Å². The number of benzene rings is 1. The van der Waals surface area contributed by atoms with Crippen molar-refractivity contribution in [3.63, 3.8) is 0 Å². The first-order valence-electron chi connectivity index (χ1n) is 5.13. The number of nitro benzene ring substituents is 1. The number of carbonyl (C=O) groups excluding carboxylic acids is 1. The summed E-state index contributed by atoms with van der Waals surface area (Å²) in [7, 11) is 3.00. The molecule has 0 saturated heterocycles. The molecule has 1 aromatic rings. The van der Waals surface area contributed by atoms with Gasteiger partial charge in [0.25, 0.3) is 5.91 Å². The summed E-state index contributed by atoms with van der Waals surface area (Å²) in [6, 6.07) is 3.83. The molecule has 0 saturated carbocycles. The number of aromatic hydroxyl groups is 1. The maximum Gasteiger partial charge on any atom is 0.311 e. The van der Waals surface area contributed by atoms with E-state index >= 15 is 0 Å². The number of phenols is 1. The van der Waals surface area contributed by atoms with Crippen LogP contribution < -0.4 is 0 Å². The average Bonchev–Trinajstić information content (AvgIpc) is 2.30. The van der Waals surface area contributed by atoms with Gasteiger partial charge >= 0.3 is 5.69 Å². The highest BCUT2D eigenvalue weighted by molar-refractivity contribution is 5.97. The van der Waals surface area contributed by atoms with Crippen LogP contribution in [-0.4, -0.2) is 34.9 Å². The number of carbonyl (C=O) groups is 1. The van der Waals surface area contributed by atoms with Crippen molar-refractivity contribution in [3.8, 4) is 5.75 Å². The molecule has 1 amide bonds. The van der Waals surface area contributed by atoms with Crippen molar-refractivity contribution in [2.45, 2.75) is 13.8 Å². The second-order valence-electron chi connectivity index (χ2n) is 3.13. The number of nitro groups is 1. The van der Waals surface area contributed by atoms with Gasteiger partial charge in [0.1, 0.15) is 0 Å². The molecule has 0 aliphatic rings. The minimum Gasteiger partial charge on any atom is -0.502 e. The molecule has 0 unspecified atom stereocenters. The molecule has 94 valence electrons. The molecule has 1 N–H and O–H groups in total. The lowest BCUT2D eigenvalue weighted by Gasteiger charge is -2.10. The second kappa shape index (κ2) is 6.47. The van der Waals surface area contributed by atoms with E-state index in [1.165, 1.54) is 31.1 Å². The van der Waals surface area contributed by atoms with Crippen molar-refractivity contribution < 1.29 is 14.8 Å². The fourth-order valence-electron chi connectivity index (χ4n) is 1.09. The van der Waals surface area contributed by atoms with Crippen LogP contribution in [0.2, 0.25) is 0 Å². The van der Waals surface area contributed by atoms with Gasteiger partial charge in [0, 0.05) is 20.2 Å². The molecule has 0 atom stereocenters. The van der Waals surface area contributed by atoms with Crippen LogP contribution in [0.25, 0.3) is 0 Å². The highest BCUT2D eigenvalue weighted by atomic mass is 16.6. The average molecular weight is 240 g/mol. The van der Waals surface area contributed by atoms with E-state index in [9.17, 15) is 20.0 Å². The number of phenolic OH excluding ortho intramolecular Hbond substituents is 1. The Balaban J connectivity index is 0.00000121. The molecular formula is C11H16N2O4. The molecule has 1 aromatic carbocycles. The van der Waals surface area contributed by atoms with E-state index in [0.717, 1.165) is 6.07 Å². The SMILES string of the molecule is CC.CN(C)C(=O)c1cccc([N+](=O)[O-])c1O. The van der Waals surface area contributed by atoms with Gasteiger partial charge in [-0.05, 0) is 6.07 Å². The van der Waals surface area contributed by atoms with Crippen LogP contribution >= 0.6 is 0 Å². The zero-order chi connectivity index (χ0) is 13.6. The maximum absolute atomic E-state index is 11.5. The van der Waals surface area contributed by atoms with E-state index in [2.05, 4.69) is 0 Å². The van der Waals surface area contributed by atoms with E-state index in [0.29, 0.717) is 0 Å².